The van der Waals surface area contributed by atoms with Crippen molar-refractivity contribution < 1.29 is 0 Å². The van der Waals surface area contributed by atoms with Gasteiger partial charge < -0.3 is 11.1 Å². The molecule has 1 aliphatic rings. The summed E-state index contributed by atoms with van der Waals surface area (Å²) in [4.78, 5) is 0. The highest BCUT2D eigenvalue weighted by molar-refractivity contribution is 4.78. The van der Waals surface area contributed by atoms with Crippen LogP contribution in [0.2, 0.25) is 0 Å². The summed E-state index contributed by atoms with van der Waals surface area (Å²) in [6.45, 7) is 5.32. The zero-order valence-electron chi connectivity index (χ0n) is 8.34. The second-order valence-electron chi connectivity index (χ2n) is 4.27. The van der Waals surface area contributed by atoms with E-state index >= 15 is 0 Å². The van der Waals surface area contributed by atoms with Crippen molar-refractivity contribution in [1.29, 1.82) is 0 Å². The van der Waals surface area contributed by atoms with Crippen LogP contribution in [0.25, 0.3) is 0 Å². The summed E-state index contributed by atoms with van der Waals surface area (Å²) in [6.07, 6.45) is 5.28. The van der Waals surface area contributed by atoms with Gasteiger partial charge in [0.1, 0.15) is 0 Å². The molecule has 12 heavy (non-hydrogen) atoms. The van der Waals surface area contributed by atoms with Crippen molar-refractivity contribution in [3.05, 3.63) is 0 Å². The topological polar surface area (TPSA) is 38.0 Å². The van der Waals surface area contributed by atoms with E-state index in [1.807, 2.05) is 0 Å². The quantitative estimate of drug-likeness (QED) is 0.673. The SMILES string of the molecule is CC(C)NC1CCC(CN)CC1. The standard InChI is InChI=1S/C10H22N2/c1-8(2)12-10-5-3-9(7-11)4-6-10/h8-10,12H,3-7,11H2,1-2H3. The number of rotatable bonds is 3. The monoisotopic (exact) mass is 170 g/mol. The molecule has 0 aromatic carbocycles. The summed E-state index contributed by atoms with van der Waals surface area (Å²) in [6, 6.07) is 1.39. The van der Waals surface area contributed by atoms with E-state index in [0.717, 1.165) is 18.5 Å². The Morgan fingerprint density at radius 1 is 1.25 bits per heavy atom. The van der Waals surface area contributed by atoms with Crippen LogP contribution >= 0.6 is 0 Å². The lowest BCUT2D eigenvalue weighted by atomic mass is 9.86. The first kappa shape index (κ1) is 10.0. The van der Waals surface area contributed by atoms with E-state index in [0.29, 0.717) is 6.04 Å². The van der Waals surface area contributed by atoms with Gasteiger partial charge in [-0.15, -0.1) is 0 Å². The lowest BCUT2D eigenvalue weighted by Gasteiger charge is -2.29. The molecule has 72 valence electrons. The zero-order chi connectivity index (χ0) is 8.97. The van der Waals surface area contributed by atoms with Gasteiger partial charge in [-0.3, -0.25) is 0 Å². The Labute approximate surface area is 75.9 Å². The third kappa shape index (κ3) is 3.11. The van der Waals surface area contributed by atoms with Crippen molar-refractivity contribution in [3.63, 3.8) is 0 Å². The first-order valence-corrected chi connectivity index (χ1v) is 5.18. The molecule has 0 saturated heterocycles. The summed E-state index contributed by atoms with van der Waals surface area (Å²) in [5.74, 6) is 0.801. The van der Waals surface area contributed by atoms with Gasteiger partial charge in [0, 0.05) is 12.1 Å². The largest absolute Gasteiger partial charge is 0.330 e. The van der Waals surface area contributed by atoms with E-state index in [1.165, 1.54) is 25.7 Å². The normalized spacial score (nSPS) is 31.0. The molecule has 0 aliphatic heterocycles. The predicted molar refractivity (Wildman–Crippen MR) is 53.1 cm³/mol. The fraction of sp³-hybridized carbons (Fsp3) is 1.00. The van der Waals surface area contributed by atoms with Gasteiger partial charge in [-0.05, 0) is 38.1 Å². The average Bonchev–Trinajstić information content (AvgIpc) is 2.05. The molecule has 3 N–H and O–H groups in total. The maximum atomic E-state index is 5.63. The van der Waals surface area contributed by atoms with Crippen LogP contribution in [0.3, 0.4) is 0 Å². The summed E-state index contributed by atoms with van der Waals surface area (Å²) >= 11 is 0. The molecule has 0 heterocycles. The van der Waals surface area contributed by atoms with Gasteiger partial charge in [0.2, 0.25) is 0 Å². The molecule has 1 saturated carbocycles. The Balaban J connectivity index is 2.17. The Hall–Kier alpha value is -0.0800. The summed E-state index contributed by atoms with van der Waals surface area (Å²) in [5.41, 5.74) is 5.63. The van der Waals surface area contributed by atoms with Crippen molar-refractivity contribution >= 4 is 0 Å². The molecule has 0 spiro atoms. The highest BCUT2D eigenvalue weighted by Crippen LogP contribution is 2.23. The van der Waals surface area contributed by atoms with Crippen molar-refractivity contribution in [2.45, 2.75) is 51.6 Å². The highest BCUT2D eigenvalue weighted by atomic mass is 14.9. The van der Waals surface area contributed by atoms with Gasteiger partial charge >= 0.3 is 0 Å². The molecule has 2 nitrogen and oxygen atoms in total. The highest BCUT2D eigenvalue weighted by Gasteiger charge is 2.19. The number of hydrogen-bond acceptors (Lipinski definition) is 2. The number of nitrogens with two attached hydrogens (primary N) is 1. The number of hydrogen-bond donors (Lipinski definition) is 2. The van der Waals surface area contributed by atoms with Gasteiger partial charge in [0.05, 0.1) is 0 Å². The van der Waals surface area contributed by atoms with Crippen LogP contribution < -0.4 is 11.1 Å². The molecule has 0 aromatic rings. The Morgan fingerprint density at radius 3 is 2.25 bits per heavy atom. The van der Waals surface area contributed by atoms with Gasteiger partial charge in [-0.1, -0.05) is 13.8 Å². The molecular formula is C10H22N2. The maximum absolute atomic E-state index is 5.63. The Kier molecular flexibility index (Phi) is 4.02. The van der Waals surface area contributed by atoms with Crippen molar-refractivity contribution in [3.8, 4) is 0 Å². The molecule has 1 rings (SSSR count). The minimum absolute atomic E-state index is 0.629. The molecule has 0 unspecified atom stereocenters. The fourth-order valence-corrected chi connectivity index (χ4v) is 2.04. The lowest BCUT2D eigenvalue weighted by molar-refractivity contribution is 0.285. The minimum Gasteiger partial charge on any atom is -0.330 e. The first-order valence-electron chi connectivity index (χ1n) is 5.18. The molecule has 0 atom stereocenters. The lowest BCUT2D eigenvalue weighted by Crippen LogP contribution is -2.38. The number of nitrogens with one attached hydrogen (secondary N) is 1. The van der Waals surface area contributed by atoms with E-state index in [-0.39, 0.29) is 0 Å². The third-order valence-electron chi connectivity index (χ3n) is 2.75. The van der Waals surface area contributed by atoms with Crippen LogP contribution in [0, 0.1) is 5.92 Å². The zero-order valence-corrected chi connectivity index (χ0v) is 8.34. The predicted octanol–water partition coefficient (Wildman–Crippen LogP) is 1.50. The molecule has 2 heteroatoms. The van der Waals surface area contributed by atoms with Crippen molar-refractivity contribution in [1.82, 2.24) is 5.32 Å². The van der Waals surface area contributed by atoms with Crippen molar-refractivity contribution in [2.75, 3.05) is 6.54 Å². The second-order valence-corrected chi connectivity index (χ2v) is 4.27. The van der Waals surface area contributed by atoms with Crippen LogP contribution in [0.15, 0.2) is 0 Å². The molecule has 0 aromatic heterocycles. The summed E-state index contributed by atoms with van der Waals surface area (Å²) < 4.78 is 0. The van der Waals surface area contributed by atoms with E-state index in [1.54, 1.807) is 0 Å². The molecular weight excluding hydrogens is 148 g/mol. The van der Waals surface area contributed by atoms with E-state index in [9.17, 15) is 0 Å². The average molecular weight is 170 g/mol. The van der Waals surface area contributed by atoms with Crippen LogP contribution in [0.4, 0.5) is 0 Å². The van der Waals surface area contributed by atoms with Gasteiger partial charge in [-0.2, -0.15) is 0 Å². The fourth-order valence-electron chi connectivity index (χ4n) is 2.04. The van der Waals surface area contributed by atoms with E-state index in [2.05, 4.69) is 19.2 Å². The maximum Gasteiger partial charge on any atom is 0.00696 e. The first-order chi connectivity index (χ1) is 5.72. The molecule has 1 fully saturated rings. The summed E-state index contributed by atoms with van der Waals surface area (Å²) in [7, 11) is 0. The second kappa shape index (κ2) is 4.83. The van der Waals surface area contributed by atoms with E-state index < -0.39 is 0 Å². The van der Waals surface area contributed by atoms with Crippen LogP contribution in [-0.4, -0.2) is 18.6 Å². The van der Waals surface area contributed by atoms with Crippen LogP contribution in [-0.2, 0) is 0 Å². The molecule has 0 bridgehead atoms. The molecule has 1 aliphatic carbocycles. The van der Waals surface area contributed by atoms with Crippen LogP contribution in [0.5, 0.6) is 0 Å². The van der Waals surface area contributed by atoms with Gasteiger partial charge in [-0.25, -0.2) is 0 Å². The smallest absolute Gasteiger partial charge is 0.00696 e. The minimum atomic E-state index is 0.629. The van der Waals surface area contributed by atoms with Crippen LogP contribution in [0.1, 0.15) is 39.5 Å². The Morgan fingerprint density at radius 2 is 1.83 bits per heavy atom. The van der Waals surface area contributed by atoms with Crippen molar-refractivity contribution in [2.24, 2.45) is 11.7 Å². The van der Waals surface area contributed by atoms with Gasteiger partial charge in [0.15, 0.2) is 0 Å². The molecule has 0 radical (unpaired) electrons. The van der Waals surface area contributed by atoms with Gasteiger partial charge in [0.25, 0.3) is 0 Å². The van der Waals surface area contributed by atoms with E-state index in [4.69, 9.17) is 5.73 Å². The molecule has 0 amide bonds. The summed E-state index contributed by atoms with van der Waals surface area (Å²) in [5, 5.41) is 3.59. The third-order valence-corrected chi connectivity index (χ3v) is 2.75. The Bertz CT molecular complexity index is 115.